The van der Waals surface area contributed by atoms with Gasteiger partial charge in [0.1, 0.15) is 0 Å². The molecule has 1 aliphatic rings. The average molecular weight is 512 g/mol. The second kappa shape index (κ2) is 9.09. The number of benzene rings is 2. The summed E-state index contributed by atoms with van der Waals surface area (Å²) >= 11 is 6.29. The third kappa shape index (κ3) is 4.81. The Kier molecular flexibility index (Phi) is 6.46. The predicted molar refractivity (Wildman–Crippen MR) is 135 cm³/mol. The van der Waals surface area contributed by atoms with Crippen molar-refractivity contribution < 1.29 is 18.0 Å². The molecule has 2 amide bonds. The molecule has 35 heavy (non-hydrogen) atoms. The van der Waals surface area contributed by atoms with Gasteiger partial charge in [-0.1, -0.05) is 50.6 Å². The van der Waals surface area contributed by atoms with Gasteiger partial charge in [0.25, 0.3) is 21.8 Å². The van der Waals surface area contributed by atoms with Crippen LogP contribution in [0.25, 0.3) is 0 Å². The molecule has 7 nitrogen and oxygen atoms in total. The van der Waals surface area contributed by atoms with Crippen molar-refractivity contribution in [1.29, 1.82) is 0 Å². The number of pyridine rings is 1. The fourth-order valence-corrected chi connectivity index (χ4v) is 5.43. The summed E-state index contributed by atoms with van der Waals surface area (Å²) in [6.07, 6.45) is 3.72. The molecule has 0 spiro atoms. The summed E-state index contributed by atoms with van der Waals surface area (Å²) in [6, 6.07) is 12.5. The molecule has 1 aromatic heterocycles. The third-order valence-corrected chi connectivity index (χ3v) is 7.69. The number of fused-ring (bicyclic) bond motifs is 1. The monoisotopic (exact) mass is 511 g/mol. The van der Waals surface area contributed by atoms with Crippen LogP contribution in [0, 0.1) is 0 Å². The second-order valence-electron chi connectivity index (χ2n) is 9.62. The SMILES string of the molecule is CC(Cc1cccnc1)N1C(=O)c2c(Cl)ccc(NS(=O)(=O)c3ccc(C(C)(C)C)cc3)c2C1=O. The number of amides is 2. The zero-order chi connectivity index (χ0) is 25.5. The Morgan fingerprint density at radius 3 is 2.26 bits per heavy atom. The van der Waals surface area contributed by atoms with Gasteiger partial charge in [0.15, 0.2) is 0 Å². The fraction of sp³-hybridized carbons (Fsp3) is 0.269. The molecule has 2 aromatic carbocycles. The summed E-state index contributed by atoms with van der Waals surface area (Å²) in [6.45, 7) is 7.86. The Hall–Kier alpha value is -3.23. The van der Waals surface area contributed by atoms with Gasteiger partial charge in [0.2, 0.25) is 0 Å². The number of aromatic nitrogens is 1. The van der Waals surface area contributed by atoms with Gasteiger partial charge in [-0.05, 0) is 60.2 Å². The number of nitrogens with zero attached hydrogens (tertiary/aromatic N) is 2. The van der Waals surface area contributed by atoms with E-state index in [0.29, 0.717) is 6.42 Å². The molecule has 0 radical (unpaired) electrons. The number of anilines is 1. The number of carbonyl (C=O) groups excluding carboxylic acids is 2. The van der Waals surface area contributed by atoms with Crippen molar-refractivity contribution in [2.24, 2.45) is 0 Å². The smallest absolute Gasteiger partial charge is 0.264 e. The molecule has 0 saturated heterocycles. The molecule has 1 N–H and O–H groups in total. The highest BCUT2D eigenvalue weighted by Gasteiger charge is 2.42. The molecule has 2 heterocycles. The lowest BCUT2D eigenvalue weighted by Gasteiger charge is -2.22. The standard InChI is InChI=1S/C26H26ClN3O4S/c1-16(14-17-6-5-13-28-15-17)30-24(31)22-20(27)11-12-21(23(22)25(30)32)29-35(33,34)19-9-7-18(8-10-19)26(2,3)4/h5-13,15-16,29H,14H2,1-4H3. The van der Waals surface area contributed by atoms with Gasteiger partial charge in [-0.15, -0.1) is 0 Å². The highest BCUT2D eigenvalue weighted by Crippen LogP contribution is 2.37. The molecule has 0 saturated carbocycles. The molecule has 3 aromatic rings. The number of hydrogen-bond donors (Lipinski definition) is 1. The van der Waals surface area contributed by atoms with Crippen LogP contribution < -0.4 is 4.72 Å². The van der Waals surface area contributed by atoms with E-state index in [9.17, 15) is 18.0 Å². The Morgan fingerprint density at radius 2 is 1.66 bits per heavy atom. The van der Waals surface area contributed by atoms with Crippen molar-refractivity contribution in [3.05, 3.63) is 88.2 Å². The van der Waals surface area contributed by atoms with Crippen molar-refractivity contribution in [1.82, 2.24) is 9.88 Å². The molecule has 0 fully saturated rings. The number of hydrogen-bond acceptors (Lipinski definition) is 5. The first kappa shape index (κ1) is 24.9. The first-order valence-corrected chi connectivity index (χ1v) is 13.0. The molecular weight excluding hydrogens is 486 g/mol. The van der Waals surface area contributed by atoms with E-state index in [1.165, 1.54) is 24.3 Å². The van der Waals surface area contributed by atoms with Gasteiger partial charge in [-0.25, -0.2) is 8.42 Å². The minimum Gasteiger partial charge on any atom is -0.279 e. The first-order chi connectivity index (χ1) is 16.4. The summed E-state index contributed by atoms with van der Waals surface area (Å²) in [5.41, 5.74) is 1.69. The van der Waals surface area contributed by atoms with Crippen LogP contribution in [0.2, 0.25) is 5.02 Å². The topological polar surface area (TPSA) is 96.4 Å². The largest absolute Gasteiger partial charge is 0.279 e. The van der Waals surface area contributed by atoms with Crippen molar-refractivity contribution in [2.75, 3.05) is 4.72 Å². The maximum Gasteiger partial charge on any atom is 0.264 e. The lowest BCUT2D eigenvalue weighted by molar-refractivity contribution is 0.0597. The van der Waals surface area contributed by atoms with Crippen LogP contribution in [0.15, 0.2) is 65.8 Å². The Labute approximate surface area is 210 Å². The van der Waals surface area contributed by atoms with E-state index in [1.807, 2.05) is 26.8 Å². The zero-order valence-electron chi connectivity index (χ0n) is 19.9. The van der Waals surface area contributed by atoms with Crippen LogP contribution in [0.4, 0.5) is 5.69 Å². The molecule has 1 unspecified atom stereocenters. The van der Waals surface area contributed by atoms with Gasteiger partial charge in [-0.2, -0.15) is 0 Å². The third-order valence-electron chi connectivity index (χ3n) is 5.99. The van der Waals surface area contributed by atoms with Crippen molar-refractivity contribution >= 4 is 39.1 Å². The molecule has 0 aliphatic carbocycles. The average Bonchev–Trinajstić information content (AvgIpc) is 3.07. The van der Waals surface area contributed by atoms with Gasteiger partial charge in [0, 0.05) is 18.4 Å². The van der Waals surface area contributed by atoms with Gasteiger partial charge < -0.3 is 0 Å². The van der Waals surface area contributed by atoms with E-state index in [-0.39, 0.29) is 32.1 Å². The lowest BCUT2D eigenvalue weighted by Crippen LogP contribution is -2.39. The molecule has 4 rings (SSSR count). The number of nitrogens with one attached hydrogen (secondary N) is 1. The molecule has 1 atom stereocenters. The first-order valence-electron chi connectivity index (χ1n) is 11.1. The summed E-state index contributed by atoms with van der Waals surface area (Å²) in [5, 5.41) is 0.0897. The maximum absolute atomic E-state index is 13.4. The highest BCUT2D eigenvalue weighted by atomic mass is 35.5. The summed E-state index contributed by atoms with van der Waals surface area (Å²) in [4.78, 5) is 31.8. The van der Waals surface area contributed by atoms with E-state index >= 15 is 0 Å². The van der Waals surface area contributed by atoms with E-state index in [1.54, 1.807) is 37.5 Å². The van der Waals surface area contributed by atoms with Crippen LogP contribution in [-0.4, -0.2) is 36.2 Å². The van der Waals surface area contributed by atoms with Crippen LogP contribution in [0.1, 0.15) is 59.5 Å². The normalized spacial score (nSPS) is 14.7. The van der Waals surface area contributed by atoms with Crippen molar-refractivity contribution in [3.8, 4) is 0 Å². The summed E-state index contributed by atoms with van der Waals surface area (Å²) in [5.74, 6) is -1.15. The highest BCUT2D eigenvalue weighted by molar-refractivity contribution is 7.92. The minimum absolute atomic E-state index is 0.00187. The second-order valence-corrected chi connectivity index (χ2v) is 11.7. The minimum atomic E-state index is -4.02. The van der Waals surface area contributed by atoms with E-state index in [2.05, 4.69) is 9.71 Å². The fourth-order valence-electron chi connectivity index (χ4n) is 4.12. The number of carbonyl (C=O) groups is 2. The van der Waals surface area contributed by atoms with Gasteiger partial charge in [-0.3, -0.25) is 24.2 Å². The lowest BCUT2D eigenvalue weighted by atomic mass is 9.87. The number of rotatable bonds is 6. The number of halogens is 1. The molecule has 0 bridgehead atoms. The van der Waals surface area contributed by atoms with Crippen LogP contribution in [0.3, 0.4) is 0 Å². The Morgan fingerprint density at radius 1 is 1.00 bits per heavy atom. The molecule has 1 aliphatic heterocycles. The molecule has 182 valence electrons. The van der Waals surface area contributed by atoms with E-state index < -0.39 is 27.9 Å². The number of sulfonamides is 1. The van der Waals surface area contributed by atoms with E-state index in [4.69, 9.17) is 11.6 Å². The van der Waals surface area contributed by atoms with E-state index in [0.717, 1.165) is 16.0 Å². The quantitative estimate of drug-likeness (QED) is 0.466. The Bertz CT molecular complexity index is 1400. The summed E-state index contributed by atoms with van der Waals surface area (Å²) in [7, 11) is -4.02. The van der Waals surface area contributed by atoms with Crippen molar-refractivity contribution in [2.45, 2.75) is 50.5 Å². The maximum atomic E-state index is 13.4. The van der Waals surface area contributed by atoms with Crippen LogP contribution in [0.5, 0.6) is 0 Å². The summed E-state index contributed by atoms with van der Waals surface area (Å²) < 4.78 is 28.7. The number of imide groups is 1. The van der Waals surface area contributed by atoms with Crippen molar-refractivity contribution in [3.63, 3.8) is 0 Å². The zero-order valence-corrected chi connectivity index (χ0v) is 21.4. The molecule has 9 heteroatoms. The van der Waals surface area contributed by atoms with Gasteiger partial charge >= 0.3 is 0 Å². The van der Waals surface area contributed by atoms with Gasteiger partial charge in [0.05, 0.1) is 26.7 Å². The molecular formula is C26H26ClN3O4S. The van der Waals surface area contributed by atoms with Crippen LogP contribution >= 0.6 is 11.6 Å². The Balaban J connectivity index is 1.66. The van der Waals surface area contributed by atoms with Crippen LogP contribution in [-0.2, 0) is 21.9 Å². The predicted octanol–water partition coefficient (Wildman–Crippen LogP) is 5.06.